The molecular weight excluding hydrogens is 352 g/mol. The Bertz CT molecular complexity index is 1090. The van der Waals surface area contributed by atoms with Crippen molar-refractivity contribution in [3.05, 3.63) is 59.2 Å². The molecule has 0 aliphatic carbocycles. The van der Waals surface area contributed by atoms with Crippen LogP contribution in [-0.2, 0) is 0 Å². The van der Waals surface area contributed by atoms with Gasteiger partial charge in [0.2, 0.25) is 0 Å². The van der Waals surface area contributed by atoms with Crippen LogP contribution in [0, 0.1) is 0 Å². The number of fused-ring (bicyclic) bond motifs is 1. The second-order valence-corrected chi connectivity index (χ2v) is 5.62. The van der Waals surface area contributed by atoms with Gasteiger partial charge in [0.15, 0.2) is 17.8 Å². The van der Waals surface area contributed by atoms with Crippen LogP contribution in [0.1, 0.15) is 26.3 Å². The molecule has 0 aliphatic heterocycles. The van der Waals surface area contributed by atoms with E-state index in [2.05, 4.69) is 10.5 Å². The molecule has 8 nitrogen and oxygen atoms in total. The van der Waals surface area contributed by atoms with E-state index in [-0.39, 0.29) is 28.2 Å². The Kier molecular flexibility index (Phi) is 4.63. The van der Waals surface area contributed by atoms with Crippen LogP contribution in [0.5, 0.6) is 23.0 Å². The predicted molar refractivity (Wildman–Crippen MR) is 97.5 cm³/mol. The molecule has 0 spiro atoms. The molecule has 3 aromatic rings. The number of nitrogens with one attached hydrogen (secondary N) is 1. The first-order valence-corrected chi connectivity index (χ1v) is 7.70. The van der Waals surface area contributed by atoms with Gasteiger partial charge in [-0.05, 0) is 22.9 Å². The zero-order valence-corrected chi connectivity index (χ0v) is 13.7. The zero-order chi connectivity index (χ0) is 19.6. The fourth-order valence-electron chi connectivity index (χ4n) is 2.62. The third-order valence-corrected chi connectivity index (χ3v) is 3.91. The molecule has 136 valence electrons. The number of phenols is 4. The molecule has 8 heteroatoms. The molecule has 27 heavy (non-hydrogen) atoms. The largest absolute Gasteiger partial charge is 0.507 e. The SMILES string of the molecule is O=Cc1c(C(=O)NN=Cc2cc(O)c(O)cc2O)c(O)cc2ccccc12. The van der Waals surface area contributed by atoms with Crippen LogP contribution in [0.2, 0.25) is 0 Å². The maximum Gasteiger partial charge on any atom is 0.275 e. The van der Waals surface area contributed by atoms with Crippen LogP contribution in [-0.4, -0.2) is 38.8 Å². The van der Waals surface area contributed by atoms with Gasteiger partial charge in [0.05, 0.1) is 11.8 Å². The first kappa shape index (κ1) is 17.7. The van der Waals surface area contributed by atoms with E-state index >= 15 is 0 Å². The summed E-state index contributed by atoms with van der Waals surface area (Å²) in [7, 11) is 0. The van der Waals surface area contributed by atoms with Gasteiger partial charge in [-0.1, -0.05) is 24.3 Å². The highest BCUT2D eigenvalue weighted by molar-refractivity contribution is 6.12. The average Bonchev–Trinajstić information content (AvgIpc) is 2.64. The first-order valence-electron chi connectivity index (χ1n) is 7.70. The second-order valence-electron chi connectivity index (χ2n) is 5.62. The normalized spacial score (nSPS) is 11.0. The van der Waals surface area contributed by atoms with Gasteiger partial charge in [0.1, 0.15) is 11.5 Å². The van der Waals surface area contributed by atoms with Gasteiger partial charge in [0, 0.05) is 17.2 Å². The lowest BCUT2D eigenvalue weighted by molar-refractivity contribution is 0.0947. The molecule has 0 aromatic heterocycles. The molecule has 0 saturated carbocycles. The summed E-state index contributed by atoms with van der Waals surface area (Å²) in [4.78, 5) is 23.9. The number of hydrogen-bond acceptors (Lipinski definition) is 7. The number of hydrazone groups is 1. The smallest absolute Gasteiger partial charge is 0.275 e. The topological polar surface area (TPSA) is 139 Å². The minimum absolute atomic E-state index is 0.0171. The van der Waals surface area contributed by atoms with Crippen molar-refractivity contribution in [3.63, 3.8) is 0 Å². The number of benzene rings is 3. The molecule has 3 aromatic carbocycles. The molecule has 0 aliphatic rings. The highest BCUT2D eigenvalue weighted by atomic mass is 16.3. The maximum atomic E-state index is 12.4. The number of carbonyl (C=O) groups is 2. The van der Waals surface area contributed by atoms with Gasteiger partial charge in [-0.2, -0.15) is 5.10 Å². The molecule has 0 atom stereocenters. The maximum absolute atomic E-state index is 12.4. The fraction of sp³-hybridized carbons (Fsp3) is 0. The van der Waals surface area contributed by atoms with E-state index in [4.69, 9.17) is 0 Å². The van der Waals surface area contributed by atoms with Crippen LogP contribution in [0.25, 0.3) is 10.8 Å². The number of nitrogens with zero attached hydrogens (tertiary/aromatic N) is 1. The van der Waals surface area contributed by atoms with Gasteiger partial charge in [0.25, 0.3) is 5.91 Å². The highest BCUT2D eigenvalue weighted by Crippen LogP contribution is 2.31. The standard InChI is InChI=1S/C19H14N2O6/c22-9-13-12-4-2-1-3-10(12)5-17(26)18(13)19(27)21-20-8-11-6-15(24)16(25)7-14(11)23/h1-9,23-26H,(H,21,27). The number of amides is 1. The number of phenolic OH excluding ortho intramolecular Hbond substituents is 4. The third kappa shape index (κ3) is 3.36. The molecule has 0 radical (unpaired) electrons. The summed E-state index contributed by atoms with van der Waals surface area (Å²) in [6.07, 6.45) is 1.51. The Morgan fingerprint density at radius 1 is 0.926 bits per heavy atom. The Morgan fingerprint density at radius 3 is 2.37 bits per heavy atom. The molecule has 3 rings (SSSR count). The van der Waals surface area contributed by atoms with Crippen molar-refractivity contribution in [1.82, 2.24) is 5.43 Å². The Labute approximate surface area is 152 Å². The van der Waals surface area contributed by atoms with E-state index in [9.17, 15) is 30.0 Å². The van der Waals surface area contributed by atoms with Crippen LogP contribution in [0.3, 0.4) is 0 Å². The number of aldehydes is 1. The lowest BCUT2D eigenvalue weighted by Crippen LogP contribution is -2.19. The Morgan fingerprint density at radius 2 is 1.63 bits per heavy atom. The Hall–Kier alpha value is -4.07. The highest BCUT2D eigenvalue weighted by Gasteiger charge is 2.19. The fourth-order valence-corrected chi connectivity index (χ4v) is 2.62. The molecular formula is C19H14N2O6. The van der Waals surface area contributed by atoms with E-state index in [1.165, 1.54) is 6.07 Å². The lowest BCUT2D eigenvalue weighted by Gasteiger charge is -2.10. The van der Waals surface area contributed by atoms with E-state index in [0.29, 0.717) is 17.1 Å². The van der Waals surface area contributed by atoms with Gasteiger partial charge >= 0.3 is 0 Å². The van der Waals surface area contributed by atoms with Crippen molar-refractivity contribution in [2.24, 2.45) is 5.10 Å². The van der Waals surface area contributed by atoms with Gasteiger partial charge < -0.3 is 20.4 Å². The second kappa shape index (κ2) is 7.04. The van der Waals surface area contributed by atoms with Crippen LogP contribution in [0.15, 0.2) is 47.6 Å². The molecule has 0 fully saturated rings. The predicted octanol–water partition coefficient (Wildman–Crippen LogP) is 2.24. The van der Waals surface area contributed by atoms with Crippen molar-refractivity contribution in [2.75, 3.05) is 0 Å². The molecule has 5 N–H and O–H groups in total. The summed E-state index contributed by atoms with van der Waals surface area (Å²) in [5.74, 6) is -2.57. The zero-order valence-electron chi connectivity index (χ0n) is 13.7. The van der Waals surface area contributed by atoms with E-state index in [0.717, 1.165) is 18.3 Å². The number of hydrogen-bond donors (Lipinski definition) is 5. The van der Waals surface area contributed by atoms with Crippen molar-refractivity contribution in [1.29, 1.82) is 0 Å². The van der Waals surface area contributed by atoms with Crippen molar-refractivity contribution < 1.29 is 30.0 Å². The lowest BCUT2D eigenvalue weighted by atomic mass is 9.98. The van der Waals surface area contributed by atoms with Crippen molar-refractivity contribution in [2.45, 2.75) is 0 Å². The first-order chi connectivity index (χ1) is 12.9. The number of carbonyl (C=O) groups excluding carboxylic acids is 2. The van der Waals surface area contributed by atoms with Gasteiger partial charge in [-0.25, -0.2) is 5.43 Å². The summed E-state index contributed by atoms with van der Waals surface area (Å²) in [6.45, 7) is 0. The van der Waals surface area contributed by atoms with Crippen LogP contribution in [0.4, 0.5) is 0 Å². The number of rotatable bonds is 4. The monoisotopic (exact) mass is 366 g/mol. The van der Waals surface area contributed by atoms with Crippen LogP contribution >= 0.6 is 0 Å². The van der Waals surface area contributed by atoms with Crippen molar-refractivity contribution >= 4 is 29.2 Å². The van der Waals surface area contributed by atoms with E-state index in [1.54, 1.807) is 24.3 Å². The van der Waals surface area contributed by atoms with Crippen molar-refractivity contribution in [3.8, 4) is 23.0 Å². The van der Waals surface area contributed by atoms with Crippen LogP contribution < -0.4 is 5.43 Å². The molecule has 0 heterocycles. The Balaban J connectivity index is 1.92. The quantitative estimate of drug-likeness (QED) is 0.158. The molecule has 1 amide bonds. The summed E-state index contributed by atoms with van der Waals surface area (Å²) in [6, 6.07) is 10.1. The van der Waals surface area contributed by atoms with Gasteiger partial charge in [-0.3, -0.25) is 9.59 Å². The summed E-state index contributed by atoms with van der Waals surface area (Å²) >= 11 is 0. The molecule has 0 unspecified atom stereocenters. The third-order valence-electron chi connectivity index (χ3n) is 3.91. The number of aromatic hydroxyl groups is 4. The average molecular weight is 366 g/mol. The summed E-state index contributed by atoms with van der Waals surface area (Å²) in [5, 5.41) is 43.3. The van der Waals surface area contributed by atoms with Gasteiger partial charge in [-0.15, -0.1) is 0 Å². The summed E-state index contributed by atoms with van der Waals surface area (Å²) in [5.41, 5.74) is 1.96. The van der Waals surface area contributed by atoms with E-state index in [1.807, 2.05) is 0 Å². The molecule has 0 bridgehead atoms. The minimum Gasteiger partial charge on any atom is -0.507 e. The minimum atomic E-state index is -0.834. The summed E-state index contributed by atoms with van der Waals surface area (Å²) < 4.78 is 0. The van der Waals surface area contributed by atoms with E-state index < -0.39 is 17.4 Å². The molecule has 0 saturated heterocycles.